The molecule has 0 rings (SSSR count). The first-order valence-electron chi connectivity index (χ1n) is 3.22. The van der Waals surface area contributed by atoms with Gasteiger partial charge in [0.1, 0.15) is 4.84 Å². The van der Waals surface area contributed by atoms with Gasteiger partial charge in [0.25, 0.3) is 0 Å². The molecule has 0 aromatic heterocycles. The fourth-order valence-corrected chi connectivity index (χ4v) is 1.000. The van der Waals surface area contributed by atoms with E-state index in [-0.39, 0.29) is 5.41 Å². The third-order valence-corrected chi connectivity index (χ3v) is 2.87. The van der Waals surface area contributed by atoms with Crippen LogP contribution < -0.4 is 0 Å². The van der Waals surface area contributed by atoms with Crippen molar-refractivity contribution in [1.82, 2.24) is 0 Å². The van der Waals surface area contributed by atoms with Gasteiger partial charge < -0.3 is 0 Å². The molecule has 0 aliphatic carbocycles. The molecule has 0 amide bonds. The predicted molar refractivity (Wildman–Crippen MR) is 44.1 cm³/mol. The Morgan fingerprint density at radius 2 is 2.10 bits per heavy atom. The maximum Gasteiger partial charge on any atom is 0.114 e. The maximum atomic E-state index is 8.41. The van der Waals surface area contributed by atoms with Crippen molar-refractivity contribution in [1.29, 1.82) is 5.26 Å². The van der Waals surface area contributed by atoms with Gasteiger partial charge in [-0.3, -0.25) is 0 Å². The number of rotatable bonds is 3. The van der Waals surface area contributed by atoms with E-state index in [1.807, 2.05) is 13.8 Å². The molecule has 1 nitrogen and oxygen atoms in total. The number of nitriles is 1. The molecule has 0 N–H and O–H groups in total. The van der Waals surface area contributed by atoms with Gasteiger partial charge in [-0.2, -0.15) is 5.26 Å². The summed E-state index contributed by atoms with van der Waals surface area (Å²) in [7, 11) is 0. The molecule has 10 heavy (non-hydrogen) atoms. The second kappa shape index (κ2) is 4.05. The Bertz CT molecular complexity index is 139. The van der Waals surface area contributed by atoms with E-state index in [9.17, 15) is 0 Å². The second-order valence-electron chi connectivity index (χ2n) is 2.64. The normalized spacial score (nSPS) is 16.4. The van der Waals surface area contributed by atoms with E-state index in [0.29, 0.717) is 6.42 Å². The third kappa shape index (κ3) is 2.36. The smallest absolute Gasteiger partial charge is 0.114 e. The molecular weight excluding hydrogens is 169 g/mol. The summed E-state index contributed by atoms with van der Waals surface area (Å²) in [6.45, 7) is 3.90. The van der Waals surface area contributed by atoms with Gasteiger partial charge in [-0.25, -0.2) is 0 Å². The Morgan fingerprint density at radius 3 is 2.20 bits per heavy atom. The molecule has 0 saturated carbocycles. The van der Waals surface area contributed by atoms with Crippen LogP contribution in [0.2, 0.25) is 0 Å². The topological polar surface area (TPSA) is 23.8 Å². The van der Waals surface area contributed by atoms with E-state index in [4.69, 9.17) is 28.5 Å². The lowest BCUT2D eigenvalue weighted by Gasteiger charge is -2.25. The van der Waals surface area contributed by atoms with Crippen LogP contribution in [0.15, 0.2) is 0 Å². The van der Waals surface area contributed by atoms with Crippen molar-refractivity contribution in [2.75, 3.05) is 0 Å². The van der Waals surface area contributed by atoms with Gasteiger partial charge >= 0.3 is 0 Å². The molecule has 0 fully saturated rings. The molecule has 3 heteroatoms. The van der Waals surface area contributed by atoms with E-state index in [0.717, 1.165) is 6.42 Å². The zero-order chi connectivity index (χ0) is 8.20. The van der Waals surface area contributed by atoms with Crippen LogP contribution in [0, 0.1) is 16.7 Å². The number of hydrogen-bond donors (Lipinski definition) is 0. The Balaban J connectivity index is 4.11. The van der Waals surface area contributed by atoms with Crippen LogP contribution in [0.5, 0.6) is 0 Å². The molecular formula is C7H11Cl2N. The minimum atomic E-state index is -0.447. The average molecular weight is 180 g/mol. The van der Waals surface area contributed by atoms with E-state index >= 15 is 0 Å². The standard InChI is InChI=1S/C7H11Cl2N/c1-3-7(2,4-5-10)6(8)9/h6H,3-4H2,1-2H3/t7-/m1/s1. The summed E-state index contributed by atoms with van der Waals surface area (Å²) >= 11 is 11.4. The zero-order valence-electron chi connectivity index (χ0n) is 6.19. The van der Waals surface area contributed by atoms with Crippen molar-refractivity contribution in [2.45, 2.75) is 31.5 Å². The van der Waals surface area contributed by atoms with Crippen molar-refractivity contribution >= 4 is 23.2 Å². The van der Waals surface area contributed by atoms with Crippen LogP contribution >= 0.6 is 23.2 Å². The molecule has 0 aliphatic rings. The fraction of sp³-hybridized carbons (Fsp3) is 0.857. The van der Waals surface area contributed by atoms with Crippen molar-refractivity contribution in [3.8, 4) is 6.07 Å². The van der Waals surface area contributed by atoms with Crippen LogP contribution in [-0.2, 0) is 0 Å². The predicted octanol–water partition coefficient (Wildman–Crippen LogP) is 3.12. The first-order chi connectivity index (χ1) is 4.56. The van der Waals surface area contributed by atoms with E-state index in [1.165, 1.54) is 0 Å². The molecule has 0 heterocycles. The molecule has 0 saturated heterocycles. The minimum Gasteiger partial charge on any atom is -0.198 e. The molecule has 0 bridgehead atoms. The molecule has 0 aromatic carbocycles. The van der Waals surface area contributed by atoms with Crippen LogP contribution in [-0.4, -0.2) is 4.84 Å². The first-order valence-corrected chi connectivity index (χ1v) is 4.09. The van der Waals surface area contributed by atoms with Gasteiger partial charge in [0.15, 0.2) is 0 Å². The average Bonchev–Trinajstić information content (AvgIpc) is 1.88. The summed E-state index contributed by atoms with van der Waals surface area (Å²) in [5, 5.41) is 8.41. The van der Waals surface area contributed by atoms with E-state index in [1.54, 1.807) is 0 Å². The summed E-state index contributed by atoms with van der Waals surface area (Å²) in [4.78, 5) is -0.447. The molecule has 58 valence electrons. The number of hydrogen-bond acceptors (Lipinski definition) is 1. The van der Waals surface area contributed by atoms with E-state index in [2.05, 4.69) is 6.07 Å². The fourth-order valence-electron chi connectivity index (χ4n) is 0.537. The molecule has 0 radical (unpaired) electrons. The lowest BCUT2D eigenvalue weighted by molar-refractivity contribution is 0.347. The highest BCUT2D eigenvalue weighted by atomic mass is 35.5. The Kier molecular flexibility index (Phi) is 4.08. The van der Waals surface area contributed by atoms with Crippen LogP contribution in [0.3, 0.4) is 0 Å². The Morgan fingerprint density at radius 1 is 1.60 bits per heavy atom. The SMILES string of the molecule is CC[C@](C)(CC#N)C(Cl)Cl. The third-order valence-electron chi connectivity index (χ3n) is 1.82. The monoisotopic (exact) mass is 179 g/mol. The molecule has 0 aliphatic heterocycles. The summed E-state index contributed by atoms with van der Waals surface area (Å²) in [6, 6.07) is 2.07. The van der Waals surface area contributed by atoms with Crippen molar-refractivity contribution in [3.05, 3.63) is 0 Å². The maximum absolute atomic E-state index is 8.41. The van der Waals surface area contributed by atoms with Crippen LogP contribution in [0.1, 0.15) is 26.7 Å². The highest BCUT2D eigenvalue weighted by molar-refractivity contribution is 6.44. The second-order valence-corrected chi connectivity index (χ2v) is 3.74. The summed E-state index contributed by atoms with van der Waals surface area (Å²) in [6.07, 6.45) is 1.25. The number of halogens is 2. The first kappa shape index (κ1) is 10.1. The van der Waals surface area contributed by atoms with Crippen molar-refractivity contribution in [2.24, 2.45) is 5.41 Å². The van der Waals surface area contributed by atoms with Gasteiger partial charge in [-0.15, -0.1) is 23.2 Å². The minimum absolute atomic E-state index is 0.238. The summed E-state index contributed by atoms with van der Waals surface area (Å²) in [5.74, 6) is 0. The molecule has 0 unspecified atom stereocenters. The lowest BCUT2D eigenvalue weighted by Crippen LogP contribution is -2.22. The number of nitrogens with zero attached hydrogens (tertiary/aromatic N) is 1. The summed E-state index contributed by atoms with van der Waals surface area (Å²) in [5.41, 5.74) is -0.238. The van der Waals surface area contributed by atoms with Crippen LogP contribution in [0.25, 0.3) is 0 Å². The van der Waals surface area contributed by atoms with Gasteiger partial charge in [0.2, 0.25) is 0 Å². The quantitative estimate of drug-likeness (QED) is 0.612. The molecule has 0 spiro atoms. The van der Waals surface area contributed by atoms with Gasteiger partial charge in [0, 0.05) is 11.8 Å². The van der Waals surface area contributed by atoms with E-state index < -0.39 is 4.84 Å². The lowest BCUT2D eigenvalue weighted by atomic mass is 9.87. The van der Waals surface area contributed by atoms with Gasteiger partial charge in [0.05, 0.1) is 6.07 Å². The highest BCUT2D eigenvalue weighted by Gasteiger charge is 2.29. The largest absolute Gasteiger partial charge is 0.198 e. The molecule has 1 atom stereocenters. The number of alkyl halides is 2. The Hall–Kier alpha value is 0.0700. The summed E-state index contributed by atoms with van der Waals surface area (Å²) < 4.78 is 0. The van der Waals surface area contributed by atoms with Crippen molar-refractivity contribution < 1.29 is 0 Å². The highest BCUT2D eigenvalue weighted by Crippen LogP contribution is 2.35. The van der Waals surface area contributed by atoms with Gasteiger partial charge in [-0.1, -0.05) is 13.8 Å². The molecule has 0 aromatic rings. The zero-order valence-corrected chi connectivity index (χ0v) is 7.71. The van der Waals surface area contributed by atoms with Gasteiger partial charge in [-0.05, 0) is 6.42 Å². The van der Waals surface area contributed by atoms with Crippen molar-refractivity contribution in [3.63, 3.8) is 0 Å². The van der Waals surface area contributed by atoms with Crippen LogP contribution in [0.4, 0.5) is 0 Å². The Labute approximate surface area is 71.9 Å².